The summed E-state index contributed by atoms with van der Waals surface area (Å²) in [6, 6.07) is 7.14. The molecule has 0 aliphatic carbocycles. The van der Waals surface area contributed by atoms with Crippen LogP contribution in [0.4, 0.5) is 4.39 Å². The van der Waals surface area contributed by atoms with Gasteiger partial charge in [0.05, 0.1) is 12.2 Å². The highest BCUT2D eigenvalue weighted by molar-refractivity contribution is 14.0. The first-order valence-corrected chi connectivity index (χ1v) is 7.83. The summed E-state index contributed by atoms with van der Waals surface area (Å²) in [7, 11) is 7.47. The molecule has 0 atom stereocenters. The van der Waals surface area contributed by atoms with Crippen molar-refractivity contribution in [2.45, 2.75) is 19.6 Å². The molecule has 6 nitrogen and oxygen atoms in total. The number of benzene rings is 1. The summed E-state index contributed by atoms with van der Waals surface area (Å²) in [5.41, 5.74) is 2.77. The maximum Gasteiger partial charge on any atom is 0.191 e. The number of aromatic nitrogens is 2. The largest absolute Gasteiger partial charge is 0.352 e. The second-order valence-corrected chi connectivity index (χ2v) is 5.89. The van der Waals surface area contributed by atoms with Crippen LogP contribution < -0.4 is 10.6 Å². The molecule has 0 aliphatic heterocycles. The first kappa shape index (κ1) is 21.4. The Bertz CT molecular complexity index is 698. The maximum atomic E-state index is 13.8. The van der Waals surface area contributed by atoms with Crippen LogP contribution in [0.1, 0.15) is 16.8 Å². The van der Waals surface area contributed by atoms with E-state index >= 15 is 0 Å². The summed E-state index contributed by atoms with van der Waals surface area (Å²) in [5.74, 6) is 0.515. The standard InChI is InChI=1S/C17H25FN6.HI/c1-19-17(21-11-15-7-8-22-24(15)4)20-10-13-5-6-16(18)14(9-13)12-23(2)3;/h5-9H,10-12H2,1-4H3,(H2,19,20,21);1H. The van der Waals surface area contributed by atoms with E-state index in [2.05, 4.69) is 20.7 Å². The summed E-state index contributed by atoms with van der Waals surface area (Å²) in [6.45, 7) is 1.78. The molecule has 0 saturated carbocycles. The van der Waals surface area contributed by atoms with Gasteiger partial charge in [-0.1, -0.05) is 6.07 Å². The van der Waals surface area contributed by atoms with Gasteiger partial charge in [-0.3, -0.25) is 9.67 Å². The topological polar surface area (TPSA) is 57.5 Å². The molecule has 138 valence electrons. The lowest BCUT2D eigenvalue weighted by Gasteiger charge is -2.14. The minimum Gasteiger partial charge on any atom is -0.352 e. The van der Waals surface area contributed by atoms with Crippen LogP contribution in [-0.2, 0) is 26.7 Å². The predicted octanol–water partition coefficient (Wildman–Crippen LogP) is 2.10. The molecule has 0 fully saturated rings. The number of hydrogen-bond acceptors (Lipinski definition) is 3. The minimum absolute atomic E-state index is 0. The molecule has 25 heavy (non-hydrogen) atoms. The van der Waals surface area contributed by atoms with Gasteiger partial charge in [0.2, 0.25) is 0 Å². The molecule has 0 saturated heterocycles. The SMILES string of the molecule is CN=C(NCc1ccc(F)c(CN(C)C)c1)NCc1ccnn1C.I. The molecule has 2 rings (SSSR count). The fourth-order valence-corrected chi connectivity index (χ4v) is 2.36. The lowest BCUT2D eigenvalue weighted by Crippen LogP contribution is -2.36. The zero-order valence-corrected chi connectivity index (χ0v) is 17.4. The Labute approximate surface area is 165 Å². The monoisotopic (exact) mass is 460 g/mol. The fourth-order valence-electron chi connectivity index (χ4n) is 2.36. The van der Waals surface area contributed by atoms with Crippen LogP contribution in [0.25, 0.3) is 0 Å². The quantitative estimate of drug-likeness (QED) is 0.394. The number of rotatable bonds is 6. The third-order valence-corrected chi connectivity index (χ3v) is 3.64. The molecular formula is C17H26FIN6. The van der Waals surface area contributed by atoms with Crippen LogP contribution >= 0.6 is 24.0 Å². The Morgan fingerprint density at radius 1 is 1.24 bits per heavy atom. The van der Waals surface area contributed by atoms with E-state index in [1.807, 2.05) is 42.9 Å². The van der Waals surface area contributed by atoms with E-state index < -0.39 is 0 Å². The number of guanidine groups is 1. The fraction of sp³-hybridized carbons (Fsp3) is 0.412. The molecule has 0 aliphatic rings. The zero-order valence-electron chi connectivity index (χ0n) is 15.1. The maximum absolute atomic E-state index is 13.8. The molecule has 1 heterocycles. The van der Waals surface area contributed by atoms with Crippen molar-refractivity contribution in [3.63, 3.8) is 0 Å². The highest BCUT2D eigenvalue weighted by Gasteiger charge is 2.06. The van der Waals surface area contributed by atoms with E-state index in [4.69, 9.17) is 0 Å². The number of nitrogens with zero attached hydrogens (tertiary/aromatic N) is 4. The Hall–Kier alpha value is -1.68. The molecule has 0 spiro atoms. The Morgan fingerprint density at radius 3 is 2.56 bits per heavy atom. The number of nitrogens with one attached hydrogen (secondary N) is 2. The first-order valence-electron chi connectivity index (χ1n) is 7.83. The van der Waals surface area contributed by atoms with Gasteiger partial charge in [-0.15, -0.1) is 24.0 Å². The Balaban J connectivity index is 0.00000312. The van der Waals surface area contributed by atoms with E-state index in [-0.39, 0.29) is 29.8 Å². The molecule has 8 heteroatoms. The average molecular weight is 460 g/mol. The summed E-state index contributed by atoms with van der Waals surface area (Å²) in [5, 5.41) is 10.6. The van der Waals surface area contributed by atoms with Crippen molar-refractivity contribution in [2.75, 3.05) is 21.1 Å². The van der Waals surface area contributed by atoms with E-state index in [1.165, 1.54) is 6.07 Å². The summed E-state index contributed by atoms with van der Waals surface area (Å²) < 4.78 is 15.6. The second kappa shape index (κ2) is 10.3. The minimum atomic E-state index is -0.175. The Kier molecular flexibility index (Phi) is 8.84. The molecule has 0 bridgehead atoms. The van der Waals surface area contributed by atoms with Gasteiger partial charge in [0.15, 0.2) is 5.96 Å². The molecule has 2 N–H and O–H groups in total. The van der Waals surface area contributed by atoms with Gasteiger partial charge in [0, 0.05) is 38.9 Å². The molecule has 0 radical (unpaired) electrons. The zero-order chi connectivity index (χ0) is 17.5. The Morgan fingerprint density at radius 2 is 1.96 bits per heavy atom. The number of aryl methyl sites for hydroxylation is 1. The van der Waals surface area contributed by atoms with E-state index in [0.29, 0.717) is 31.2 Å². The molecule has 1 aromatic carbocycles. The lowest BCUT2D eigenvalue weighted by molar-refractivity contribution is 0.392. The van der Waals surface area contributed by atoms with Crippen molar-refractivity contribution in [1.82, 2.24) is 25.3 Å². The van der Waals surface area contributed by atoms with Crippen LogP contribution in [0.5, 0.6) is 0 Å². The molecule has 2 aromatic rings. The molecular weight excluding hydrogens is 434 g/mol. The molecule has 0 amide bonds. The van der Waals surface area contributed by atoms with Crippen molar-refractivity contribution < 1.29 is 4.39 Å². The number of halogens is 2. The highest BCUT2D eigenvalue weighted by atomic mass is 127. The molecule has 0 unspecified atom stereocenters. The summed E-state index contributed by atoms with van der Waals surface area (Å²) in [6.07, 6.45) is 1.76. The second-order valence-electron chi connectivity index (χ2n) is 5.89. The lowest BCUT2D eigenvalue weighted by atomic mass is 10.1. The van der Waals surface area contributed by atoms with E-state index in [9.17, 15) is 4.39 Å². The third kappa shape index (κ3) is 6.62. The summed E-state index contributed by atoms with van der Waals surface area (Å²) >= 11 is 0. The van der Waals surface area contributed by atoms with Crippen LogP contribution in [0, 0.1) is 5.82 Å². The van der Waals surface area contributed by atoms with Crippen LogP contribution in [-0.4, -0.2) is 41.8 Å². The first-order chi connectivity index (χ1) is 11.5. The number of aliphatic imine (C=N–C) groups is 1. The van der Waals surface area contributed by atoms with Crippen molar-refractivity contribution in [1.29, 1.82) is 0 Å². The van der Waals surface area contributed by atoms with Gasteiger partial charge < -0.3 is 15.5 Å². The van der Waals surface area contributed by atoms with Gasteiger partial charge >= 0.3 is 0 Å². The third-order valence-electron chi connectivity index (χ3n) is 3.64. The van der Waals surface area contributed by atoms with Crippen LogP contribution in [0.15, 0.2) is 35.5 Å². The highest BCUT2D eigenvalue weighted by Crippen LogP contribution is 2.12. The predicted molar refractivity (Wildman–Crippen MR) is 109 cm³/mol. The van der Waals surface area contributed by atoms with Crippen molar-refractivity contribution in [3.8, 4) is 0 Å². The van der Waals surface area contributed by atoms with Crippen molar-refractivity contribution in [2.24, 2.45) is 12.0 Å². The van der Waals surface area contributed by atoms with Crippen LogP contribution in [0.3, 0.4) is 0 Å². The average Bonchev–Trinajstić information content (AvgIpc) is 2.95. The van der Waals surface area contributed by atoms with Gasteiger partial charge in [-0.25, -0.2) is 4.39 Å². The smallest absolute Gasteiger partial charge is 0.191 e. The van der Waals surface area contributed by atoms with Crippen molar-refractivity contribution in [3.05, 3.63) is 53.1 Å². The van der Waals surface area contributed by atoms with Crippen molar-refractivity contribution >= 4 is 29.9 Å². The van der Waals surface area contributed by atoms with E-state index in [0.717, 1.165) is 11.3 Å². The van der Waals surface area contributed by atoms with Crippen LogP contribution in [0.2, 0.25) is 0 Å². The van der Waals surface area contributed by atoms with Gasteiger partial charge in [-0.05, 0) is 37.9 Å². The molecule has 1 aromatic heterocycles. The van der Waals surface area contributed by atoms with Gasteiger partial charge in [-0.2, -0.15) is 5.10 Å². The number of hydrogen-bond donors (Lipinski definition) is 2. The van der Waals surface area contributed by atoms with Gasteiger partial charge in [0.1, 0.15) is 5.82 Å². The van der Waals surface area contributed by atoms with E-state index in [1.54, 1.807) is 19.3 Å². The van der Waals surface area contributed by atoms with Gasteiger partial charge in [0.25, 0.3) is 0 Å². The normalized spacial score (nSPS) is 11.4. The summed E-state index contributed by atoms with van der Waals surface area (Å²) in [4.78, 5) is 6.15.